The highest BCUT2D eigenvalue weighted by Gasteiger charge is 2.19. The molecule has 100 valence electrons. The summed E-state index contributed by atoms with van der Waals surface area (Å²) in [6, 6.07) is -1.14. The van der Waals surface area contributed by atoms with Crippen molar-refractivity contribution in [2.45, 2.75) is 46.6 Å². The fraction of sp³-hybridized carbons (Fsp3) is 0.833. The van der Waals surface area contributed by atoms with Gasteiger partial charge in [0, 0.05) is 6.42 Å². The number of nitrogens with two attached hydrogens (primary N) is 1. The van der Waals surface area contributed by atoms with Crippen LogP contribution in [0.1, 0.15) is 40.5 Å². The van der Waals surface area contributed by atoms with Gasteiger partial charge in [0.25, 0.3) is 0 Å². The van der Waals surface area contributed by atoms with Crippen molar-refractivity contribution in [2.75, 3.05) is 6.61 Å². The van der Waals surface area contributed by atoms with E-state index in [-0.39, 0.29) is 17.9 Å². The number of carbonyl (C=O) groups excluding carboxylic acids is 1. The molecule has 0 aromatic rings. The van der Waals surface area contributed by atoms with Crippen molar-refractivity contribution in [3.8, 4) is 0 Å². The van der Waals surface area contributed by atoms with Crippen molar-refractivity contribution in [2.24, 2.45) is 17.1 Å². The lowest BCUT2D eigenvalue weighted by Crippen LogP contribution is -2.36. The lowest BCUT2D eigenvalue weighted by atomic mass is 9.84. The summed E-state index contributed by atoms with van der Waals surface area (Å²) in [4.78, 5) is 21.8. The quantitative estimate of drug-likeness (QED) is 0.690. The van der Waals surface area contributed by atoms with Gasteiger partial charge in [-0.05, 0) is 17.8 Å². The number of hydrogen-bond acceptors (Lipinski definition) is 4. The number of carboxylic acids is 1. The molecule has 5 heteroatoms. The Morgan fingerprint density at radius 1 is 1.35 bits per heavy atom. The SMILES string of the molecule is CC(CC(=O)OCC(N)C(=O)O)CC(C)(C)C. The van der Waals surface area contributed by atoms with Crippen molar-refractivity contribution < 1.29 is 19.4 Å². The standard InChI is InChI=1S/C12H23NO4/c1-8(6-12(2,3)4)5-10(14)17-7-9(13)11(15)16/h8-9H,5-7,13H2,1-4H3,(H,15,16). The number of rotatable bonds is 6. The molecule has 0 spiro atoms. The lowest BCUT2D eigenvalue weighted by Gasteiger charge is -2.22. The van der Waals surface area contributed by atoms with Crippen molar-refractivity contribution in [1.29, 1.82) is 0 Å². The smallest absolute Gasteiger partial charge is 0.324 e. The molecular formula is C12H23NO4. The second-order valence-electron chi connectivity index (χ2n) is 5.70. The number of esters is 1. The molecule has 0 heterocycles. The summed E-state index contributed by atoms with van der Waals surface area (Å²) >= 11 is 0. The molecule has 0 aromatic carbocycles. The summed E-state index contributed by atoms with van der Waals surface area (Å²) in [6.45, 7) is 8.03. The second kappa shape index (κ2) is 6.59. The molecule has 3 N–H and O–H groups in total. The van der Waals surface area contributed by atoms with Crippen LogP contribution in [-0.4, -0.2) is 29.7 Å². The summed E-state index contributed by atoms with van der Waals surface area (Å²) in [5.41, 5.74) is 5.38. The number of hydrogen-bond donors (Lipinski definition) is 2. The third-order valence-electron chi connectivity index (χ3n) is 2.22. The van der Waals surface area contributed by atoms with Crippen LogP contribution in [0.5, 0.6) is 0 Å². The predicted molar refractivity (Wildman–Crippen MR) is 64.4 cm³/mol. The Morgan fingerprint density at radius 3 is 2.29 bits per heavy atom. The summed E-state index contributed by atoms with van der Waals surface area (Å²) in [6.07, 6.45) is 1.21. The molecular weight excluding hydrogens is 222 g/mol. The van der Waals surface area contributed by atoms with Crippen molar-refractivity contribution >= 4 is 11.9 Å². The van der Waals surface area contributed by atoms with Gasteiger partial charge >= 0.3 is 11.9 Å². The topological polar surface area (TPSA) is 89.6 Å². The maximum atomic E-state index is 11.4. The summed E-state index contributed by atoms with van der Waals surface area (Å²) in [5.74, 6) is -1.34. The van der Waals surface area contributed by atoms with E-state index in [0.717, 1.165) is 6.42 Å². The first kappa shape index (κ1) is 15.9. The first-order valence-corrected chi connectivity index (χ1v) is 5.76. The van der Waals surface area contributed by atoms with Crippen LogP contribution in [0.2, 0.25) is 0 Å². The first-order chi connectivity index (χ1) is 7.61. The molecule has 0 saturated carbocycles. The van der Waals surface area contributed by atoms with Crippen LogP contribution in [0, 0.1) is 11.3 Å². The van der Waals surface area contributed by atoms with E-state index in [9.17, 15) is 9.59 Å². The Labute approximate surface area is 102 Å². The highest BCUT2D eigenvalue weighted by atomic mass is 16.5. The molecule has 0 aliphatic rings. The Morgan fingerprint density at radius 2 is 1.88 bits per heavy atom. The maximum Gasteiger partial charge on any atom is 0.324 e. The van der Waals surface area contributed by atoms with Gasteiger partial charge in [0.2, 0.25) is 0 Å². The fourth-order valence-corrected chi connectivity index (χ4v) is 1.72. The molecule has 2 atom stereocenters. The van der Waals surface area contributed by atoms with Gasteiger partial charge in [-0.3, -0.25) is 9.59 Å². The highest BCUT2D eigenvalue weighted by Crippen LogP contribution is 2.25. The van der Waals surface area contributed by atoms with E-state index in [2.05, 4.69) is 20.8 Å². The van der Waals surface area contributed by atoms with Crippen molar-refractivity contribution in [3.05, 3.63) is 0 Å². The Kier molecular flexibility index (Phi) is 6.16. The monoisotopic (exact) mass is 245 g/mol. The summed E-state index contributed by atoms with van der Waals surface area (Å²) < 4.78 is 4.81. The van der Waals surface area contributed by atoms with Crippen LogP contribution in [-0.2, 0) is 14.3 Å². The van der Waals surface area contributed by atoms with Crippen molar-refractivity contribution in [3.63, 3.8) is 0 Å². The molecule has 5 nitrogen and oxygen atoms in total. The minimum atomic E-state index is -1.17. The third-order valence-corrected chi connectivity index (χ3v) is 2.22. The van der Waals surface area contributed by atoms with Gasteiger partial charge in [-0.25, -0.2) is 0 Å². The molecule has 0 rings (SSSR count). The molecule has 0 saturated heterocycles. The fourth-order valence-electron chi connectivity index (χ4n) is 1.72. The maximum absolute atomic E-state index is 11.4. The van der Waals surface area contributed by atoms with Gasteiger partial charge in [-0.1, -0.05) is 27.7 Å². The average molecular weight is 245 g/mol. The largest absolute Gasteiger partial charge is 0.480 e. The van der Waals surface area contributed by atoms with E-state index >= 15 is 0 Å². The zero-order valence-electron chi connectivity index (χ0n) is 11.0. The third kappa shape index (κ3) is 8.68. The Balaban J connectivity index is 3.90. The zero-order valence-corrected chi connectivity index (χ0v) is 11.0. The van der Waals surface area contributed by atoms with Crippen molar-refractivity contribution in [1.82, 2.24) is 0 Å². The van der Waals surface area contributed by atoms with Gasteiger partial charge in [0.15, 0.2) is 0 Å². The summed E-state index contributed by atoms with van der Waals surface area (Å²) in [5, 5.41) is 8.51. The number of carbonyl (C=O) groups is 2. The van der Waals surface area contributed by atoms with Gasteiger partial charge in [0.1, 0.15) is 12.6 Å². The summed E-state index contributed by atoms with van der Waals surface area (Å²) in [7, 11) is 0. The van der Waals surface area contributed by atoms with Crippen LogP contribution >= 0.6 is 0 Å². The van der Waals surface area contributed by atoms with Crippen LogP contribution in [0.15, 0.2) is 0 Å². The number of aliphatic carboxylic acids is 1. The van der Waals surface area contributed by atoms with E-state index in [0.29, 0.717) is 6.42 Å². The molecule has 0 amide bonds. The van der Waals surface area contributed by atoms with Gasteiger partial charge in [-0.2, -0.15) is 0 Å². The van der Waals surface area contributed by atoms with E-state index in [4.69, 9.17) is 15.6 Å². The molecule has 0 aliphatic heterocycles. The molecule has 0 aliphatic carbocycles. The minimum absolute atomic E-state index is 0.164. The highest BCUT2D eigenvalue weighted by molar-refractivity contribution is 5.74. The van der Waals surface area contributed by atoms with Crippen LogP contribution in [0.4, 0.5) is 0 Å². The number of carboxylic acid groups (broad SMARTS) is 1. The predicted octanol–water partition coefficient (Wildman–Crippen LogP) is 1.40. The van der Waals surface area contributed by atoms with Crippen LogP contribution in [0.25, 0.3) is 0 Å². The molecule has 17 heavy (non-hydrogen) atoms. The minimum Gasteiger partial charge on any atom is -0.480 e. The Hall–Kier alpha value is -1.10. The second-order valence-corrected chi connectivity index (χ2v) is 5.70. The Bertz CT molecular complexity index is 270. The molecule has 0 aromatic heterocycles. The van der Waals surface area contributed by atoms with Gasteiger partial charge in [-0.15, -0.1) is 0 Å². The lowest BCUT2D eigenvalue weighted by molar-refractivity contribution is -0.148. The van der Waals surface area contributed by atoms with Gasteiger partial charge in [0.05, 0.1) is 0 Å². The normalized spacial score (nSPS) is 15.1. The molecule has 2 unspecified atom stereocenters. The van der Waals surface area contributed by atoms with E-state index < -0.39 is 18.0 Å². The van der Waals surface area contributed by atoms with E-state index in [1.54, 1.807) is 0 Å². The van der Waals surface area contributed by atoms with E-state index in [1.165, 1.54) is 0 Å². The van der Waals surface area contributed by atoms with Gasteiger partial charge < -0.3 is 15.6 Å². The molecule has 0 fully saturated rings. The van der Waals surface area contributed by atoms with Crippen LogP contribution < -0.4 is 5.73 Å². The zero-order chi connectivity index (χ0) is 13.6. The molecule has 0 bridgehead atoms. The van der Waals surface area contributed by atoms with E-state index in [1.807, 2.05) is 6.92 Å². The first-order valence-electron chi connectivity index (χ1n) is 5.76. The molecule has 0 radical (unpaired) electrons. The average Bonchev–Trinajstić information content (AvgIpc) is 2.10. The number of ether oxygens (including phenoxy) is 1. The van der Waals surface area contributed by atoms with Crippen LogP contribution in [0.3, 0.4) is 0 Å².